The van der Waals surface area contributed by atoms with Crippen LogP contribution in [0.15, 0.2) is 47.8 Å². The van der Waals surface area contributed by atoms with Gasteiger partial charge in [0.15, 0.2) is 5.84 Å². The van der Waals surface area contributed by atoms with Gasteiger partial charge in [-0.2, -0.15) is 0 Å². The van der Waals surface area contributed by atoms with Crippen LogP contribution in [0.5, 0.6) is 0 Å². The van der Waals surface area contributed by atoms with E-state index in [0.717, 1.165) is 24.1 Å². The van der Waals surface area contributed by atoms with Gasteiger partial charge in [-0.3, -0.25) is 4.98 Å². The molecule has 0 atom stereocenters. The summed E-state index contributed by atoms with van der Waals surface area (Å²) in [4.78, 5) is 4.07. The fraction of sp³-hybridized carbons (Fsp3) is 0.250. The Morgan fingerprint density at radius 1 is 1.33 bits per heavy atom. The molecule has 5 heteroatoms. The summed E-state index contributed by atoms with van der Waals surface area (Å²) < 4.78 is 0. The van der Waals surface area contributed by atoms with E-state index < -0.39 is 0 Å². The van der Waals surface area contributed by atoms with Crippen LogP contribution in [0.1, 0.15) is 30.2 Å². The number of para-hydroxylation sites is 1. The van der Waals surface area contributed by atoms with Gasteiger partial charge < -0.3 is 16.3 Å². The number of aromatic nitrogens is 1. The molecule has 0 radical (unpaired) electrons. The van der Waals surface area contributed by atoms with Gasteiger partial charge in [-0.25, -0.2) is 0 Å². The average Bonchev–Trinajstić information content (AvgIpc) is 2.54. The number of hydrogen-bond acceptors (Lipinski definition) is 4. The highest BCUT2D eigenvalue weighted by Gasteiger charge is 2.04. The first-order valence-electron chi connectivity index (χ1n) is 6.99. The SMILES string of the molecule is CCCc1ccccc1NCc1ccnc(C(N)=NO)c1. The predicted octanol–water partition coefficient (Wildman–Crippen LogP) is 2.74. The second kappa shape index (κ2) is 7.28. The van der Waals surface area contributed by atoms with E-state index >= 15 is 0 Å². The topological polar surface area (TPSA) is 83.5 Å². The summed E-state index contributed by atoms with van der Waals surface area (Å²) in [6, 6.07) is 12.0. The first-order chi connectivity index (χ1) is 10.2. The van der Waals surface area contributed by atoms with Gasteiger partial charge >= 0.3 is 0 Å². The molecule has 5 nitrogen and oxygen atoms in total. The Morgan fingerprint density at radius 2 is 2.14 bits per heavy atom. The van der Waals surface area contributed by atoms with Crippen molar-refractivity contribution in [3.05, 3.63) is 59.4 Å². The molecule has 2 aromatic rings. The zero-order chi connectivity index (χ0) is 15.1. The van der Waals surface area contributed by atoms with E-state index in [0.29, 0.717) is 12.2 Å². The molecular formula is C16H20N4O. The van der Waals surface area contributed by atoms with Crippen LogP contribution >= 0.6 is 0 Å². The number of pyridine rings is 1. The molecular weight excluding hydrogens is 264 g/mol. The van der Waals surface area contributed by atoms with Crippen molar-refractivity contribution in [3.8, 4) is 0 Å². The van der Waals surface area contributed by atoms with E-state index in [9.17, 15) is 0 Å². The third-order valence-electron chi connectivity index (χ3n) is 3.21. The lowest BCUT2D eigenvalue weighted by molar-refractivity contribution is 0.318. The Bertz CT molecular complexity index is 625. The highest BCUT2D eigenvalue weighted by molar-refractivity contribution is 5.95. The molecule has 0 unspecified atom stereocenters. The molecule has 0 saturated carbocycles. The summed E-state index contributed by atoms with van der Waals surface area (Å²) >= 11 is 0. The van der Waals surface area contributed by atoms with Crippen LogP contribution in [0, 0.1) is 0 Å². The highest BCUT2D eigenvalue weighted by Crippen LogP contribution is 2.17. The number of nitrogens with one attached hydrogen (secondary N) is 1. The molecule has 0 bridgehead atoms. The number of nitrogens with zero attached hydrogens (tertiary/aromatic N) is 2. The Labute approximate surface area is 124 Å². The quantitative estimate of drug-likeness (QED) is 0.329. The van der Waals surface area contributed by atoms with Crippen LogP contribution in [-0.4, -0.2) is 16.0 Å². The standard InChI is InChI=1S/C16H20N4O/c1-2-5-13-6-3-4-7-14(13)19-11-12-8-9-18-15(10-12)16(17)20-21/h3-4,6-10,19,21H,2,5,11H2,1H3,(H2,17,20). The van der Waals surface area contributed by atoms with Crippen molar-refractivity contribution >= 4 is 11.5 Å². The molecule has 110 valence electrons. The van der Waals surface area contributed by atoms with Crippen molar-refractivity contribution in [2.45, 2.75) is 26.3 Å². The van der Waals surface area contributed by atoms with Crippen LogP contribution in [0.2, 0.25) is 0 Å². The molecule has 1 aromatic heterocycles. The minimum Gasteiger partial charge on any atom is -0.409 e. The number of oxime groups is 1. The molecule has 21 heavy (non-hydrogen) atoms. The summed E-state index contributed by atoms with van der Waals surface area (Å²) in [5, 5.41) is 15.1. The first-order valence-corrected chi connectivity index (χ1v) is 6.99. The van der Waals surface area contributed by atoms with Gasteiger partial charge in [0, 0.05) is 18.4 Å². The monoisotopic (exact) mass is 284 g/mol. The zero-order valence-electron chi connectivity index (χ0n) is 12.1. The number of anilines is 1. The lowest BCUT2D eigenvalue weighted by Gasteiger charge is -2.12. The number of hydrogen-bond donors (Lipinski definition) is 3. The van der Waals surface area contributed by atoms with E-state index in [-0.39, 0.29) is 5.84 Å². The van der Waals surface area contributed by atoms with Crippen molar-refractivity contribution in [1.82, 2.24) is 4.98 Å². The first kappa shape index (κ1) is 14.8. The largest absolute Gasteiger partial charge is 0.409 e. The number of benzene rings is 1. The molecule has 0 amide bonds. The van der Waals surface area contributed by atoms with Gasteiger partial charge in [-0.05, 0) is 35.7 Å². The maximum Gasteiger partial charge on any atom is 0.188 e. The van der Waals surface area contributed by atoms with Crippen molar-refractivity contribution in [1.29, 1.82) is 0 Å². The molecule has 0 spiro atoms. The Morgan fingerprint density at radius 3 is 2.90 bits per heavy atom. The maximum atomic E-state index is 8.69. The number of amidine groups is 1. The molecule has 1 heterocycles. The summed E-state index contributed by atoms with van der Waals surface area (Å²) in [6.07, 6.45) is 3.82. The Balaban J connectivity index is 2.10. The smallest absolute Gasteiger partial charge is 0.188 e. The van der Waals surface area contributed by atoms with Gasteiger partial charge in [0.2, 0.25) is 0 Å². The van der Waals surface area contributed by atoms with E-state index in [1.165, 1.54) is 5.56 Å². The Hall–Kier alpha value is -2.56. The van der Waals surface area contributed by atoms with E-state index in [2.05, 4.69) is 40.6 Å². The third-order valence-corrected chi connectivity index (χ3v) is 3.21. The van der Waals surface area contributed by atoms with Gasteiger partial charge in [-0.1, -0.05) is 36.7 Å². The van der Waals surface area contributed by atoms with E-state index in [4.69, 9.17) is 10.9 Å². The van der Waals surface area contributed by atoms with Crippen LogP contribution in [0.3, 0.4) is 0 Å². The maximum absolute atomic E-state index is 8.69. The van der Waals surface area contributed by atoms with Gasteiger partial charge in [0.25, 0.3) is 0 Å². The van der Waals surface area contributed by atoms with Crippen LogP contribution in [0.25, 0.3) is 0 Å². The summed E-state index contributed by atoms with van der Waals surface area (Å²) in [7, 11) is 0. The molecule has 0 aliphatic carbocycles. The van der Waals surface area contributed by atoms with Crippen LogP contribution < -0.4 is 11.1 Å². The van der Waals surface area contributed by atoms with Gasteiger partial charge in [-0.15, -0.1) is 0 Å². The molecule has 0 fully saturated rings. The molecule has 0 aliphatic rings. The average molecular weight is 284 g/mol. The lowest BCUT2D eigenvalue weighted by atomic mass is 10.1. The van der Waals surface area contributed by atoms with Crippen molar-refractivity contribution in [2.24, 2.45) is 10.9 Å². The second-order valence-electron chi connectivity index (χ2n) is 4.80. The van der Waals surface area contributed by atoms with Gasteiger partial charge in [0.1, 0.15) is 5.69 Å². The fourth-order valence-electron chi connectivity index (χ4n) is 2.15. The predicted molar refractivity (Wildman–Crippen MR) is 84.5 cm³/mol. The van der Waals surface area contributed by atoms with Crippen molar-refractivity contribution in [2.75, 3.05) is 5.32 Å². The molecule has 4 N–H and O–H groups in total. The molecule has 0 saturated heterocycles. The fourth-order valence-corrected chi connectivity index (χ4v) is 2.15. The van der Waals surface area contributed by atoms with Crippen molar-refractivity contribution < 1.29 is 5.21 Å². The normalized spacial score (nSPS) is 11.4. The molecule has 2 rings (SSSR count). The summed E-state index contributed by atoms with van der Waals surface area (Å²) in [5.74, 6) is 0.0169. The molecule has 0 aliphatic heterocycles. The molecule has 1 aromatic carbocycles. The van der Waals surface area contributed by atoms with E-state index in [1.807, 2.05) is 18.2 Å². The van der Waals surface area contributed by atoms with Crippen LogP contribution in [0.4, 0.5) is 5.69 Å². The van der Waals surface area contributed by atoms with Crippen LogP contribution in [-0.2, 0) is 13.0 Å². The minimum atomic E-state index is 0.0169. The minimum absolute atomic E-state index is 0.0169. The van der Waals surface area contributed by atoms with E-state index in [1.54, 1.807) is 6.20 Å². The zero-order valence-corrected chi connectivity index (χ0v) is 12.1. The highest BCUT2D eigenvalue weighted by atomic mass is 16.4. The Kier molecular flexibility index (Phi) is 5.15. The van der Waals surface area contributed by atoms with Gasteiger partial charge in [0.05, 0.1) is 0 Å². The summed E-state index contributed by atoms with van der Waals surface area (Å²) in [5.41, 5.74) is 9.50. The second-order valence-corrected chi connectivity index (χ2v) is 4.80. The summed E-state index contributed by atoms with van der Waals surface area (Å²) in [6.45, 7) is 2.83. The third kappa shape index (κ3) is 3.95. The number of aryl methyl sites for hydroxylation is 1. The number of rotatable bonds is 6. The van der Waals surface area contributed by atoms with Crippen molar-refractivity contribution in [3.63, 3.8) is 0 Å². The number of nitrogens with two attached hydrogens (primary N) is 1. The lowest BCUT2D eigenvalue weighted by Crippen LogP contribution is -2.15.